The molecule has 1 aromatic carbocycles. The predicted molar refractivity (Wildman–Crippen MR) is 133 cm³/mol. The molecular weight excluding hydrogens is 418 g/mol. The fourth-order valence-electron chi connectivity index (χ4n) is 7.09. The highest BCUT2D eigenvalue weighted by molar-refractivity contribution is 6.33. The molecular formula is C27H42ClN3O. The van der Waals surface area contributed by atoms with Crippen molar-refractivity contribution in [1.82, 2.24) is 15.5 Å². The molecule has 32 heavy (non-hydrogen) atoms. The number of nitrogens with zero attached hydrogens (tertiary/aromatic N) is 1. The summed E-state index contributed by atoms with van der Waals surface area (Å²) in [5.74, 6) is 2.73. The van der Waals surface area contributed by atoms with Crippen LogP contribution in [0.3, 0.4) is 0 Å². The summed E-state index contributed by atoms with van der Waals surface area (Å²) >= 11 is 6.43. The monoisotopic (exact) mass is 459 g/mol. The Morgan fingerprint density at radius 3 is 2.34 bits per heavy atom. The second kappa shape index (κ2) is 10.9. The molecule has 0 heterocycles. The van der Waals surface area contributed by atoms with Gasteiger partial charge in [-0.05, 0) is 112 Å². The van der Waals surface area contributed by atoms with E-state index in [1.165, 1.54) is 44.1 Å². The number of amides is 1. The lowest BCUT2D eigenvalue weighted by Gasteiger charge is -2.56. The Labute approximate surface area is 199 Å². The van der Waals surface area contributed by atoms with Crippen LogP contribution in [-0.4, -0.2) is 50.1 Å². The van der Waals surface area contributed by atoms with E-state index in [2.05, 4.69) is 35.4 Å². The van der Waals surface area contributed by atoms with E-state index in [9.17, 15) is 4.79 Å². The Hall–Kier alpha value is -1.10. The first-order valence-corrected chi connectivity index (χ1v) is 13.4. The number of carbonyl (C=O) groups is 1. The van der Waals surface area contributed by atoms with Gasteiger partial charge in [-0.15, -0.1) is 0 Å². The number of carbonyl (C=O) groups excluding carboxylic acids is 1. The van der Waals surface area contributed by atoms with Crippen molar-refractivity contribution in [3.8, 4) is 0 Å². The largest absolute Gasteiger partial charge is 0.351 e. The van der Waals surface area contributed by atoms with Crippen LogP contribution in [0.1, 0.15) is 74.7 Å². The molecule has 0 saturated heterocycles. The Kier molecular flexibility index (Phi) is 8.18. The van der Waals surface area contributed by atoms with Crippen molar-refractivity contribution in [2.24, 2.45) is 23.2 Å². The number of nitrogens with one attached hydrogen (secondary N) is 2. The van der Waals surface area contributed by atoms with Crippen LogP contribution in [0.5, 0.6) is 0 Å². The molecule has 5 rings (SSSR count). The van der Waals surface area contributed by atoms with Gasteiger partial charge in [0.05, 0.1) is 10.6 Å². The first-order chi connectivity index (χ1) is 15.5. The van der Waals surface area contributed by atoms with Crippen molar-refractivity contribution in [2.45, 2.75) is 65.2 Å². The smallest absolute Gasteiger partial charge is 0.252 e. The summed E-state index contributed by atoms with van der Waals surface area (Å²) in [6.07, 6.45) is 10.3. The van der Waals surface area contributed by atoms with E-state index >= 15 is 0 Å². The molecule has 0 unspecified atom stereocenters. The van der Waals surface area contributed by atoms with Crippen LogP contribution in [-0.2, 0) is 6.42 Å². The minimum atomic E-state index is 0.00458. The average Bonchev–Trinajstić information content (AvgIpc) is 2.77. The van der Waals surface area contributed by atoms with E-state index < -0.39 is 0 Å². The molecule has 5 heteroatoms. The van der Waals surface area contributed by atoms with Crippen molar-refractivity contribution in [2.75, 3.05) is 39.3 Å². The number of aryl methyl sites for hydroxylation is 1. The Morgan fingerprint density at radius 1 is 1.06 bits per heavy atom. The van der Waals surface area contributed by atoms with E-state index in [1.54, 1.807) is 0 Å². The molecule has 4 saturated carbocycles. The summed E-state index contributed by atoms with van der Waals surface area (Å²) in [6.45, 7) is 10.6. The summed E-state index contributed by atoms with van der Waals surface area (Å²) in [5.41, 5.74) is 2.19. The quantitative estimate of drug-likeness (QED) is 0.425. The van der Waals surface area contributed by atoms with E-state index in [0.717, 1.165) is 69.9 Å². The molecule has 4 bridgehead atoms. The van der Waals surface area contributed by atoms with Crippen LogP contribution < -0.4 is 10.6 Å². The van der Waals surface area contributed by atoms with Crippen LogP contribution in [0.2, 0.25) is 5.02 Å². The van der Waals surface area contributed by atoms with E-state index in [4.69, 9.17) is 11.6 Å². The third-order valence-corrected chi connectivity index (χ3v) is 8.71. The molecule has 2 N–H and O–H groups in total. The van der Waals surface area contributed by atoms with Crippen LogP contribution in [0, 0.1) is 23.2 Å². The highest BCUT2D eigenvalue weighted by Gasteiger charge is 2.50. The number of hydrogen-bond acceptors (Lipinski definition) is 3. The fraction of sp³-hybridized carbons (Fsp3) is 0.741. The Balaban J connectivity index is 1.24. The van der Waals surface area contributed by atoms with Gasteiger partial charge in [0.1, 0.15) is 0 Å². The lowest BCUT2D eigenvalue weighted by Crippen LogP contribution is -2.51. The zero-order chi connectivity index (χ0) is 22.6. The molecule has 0 radical (unpaired) electrons. The molecule has 1 amide bonds. The summed E-state index contributed by atoms with van der Waals surface area (Å²) in [6, 6.07) is 5.96. The van der Waals surface area contributed by atoms with Gasteiger partial charge in [0, 0.05) is 19.6 Å². The molecule has 0 spiro atoms. The zero-order valence-corrected chi connectivity index (χ0v) is 20.9. The maximum Gasteiger partial charge on any atom is 0.252 e. The van der Waals surface area contributed by atoms with E-state index in [-0.39, 0.29) is 5.91 Å². The number of rotatable bonds is 12. The first kappa shape index (κ1) is 24.0. The van der Waals surface area contributed by atoms with Crippen molar-refractivity contribution in [3.05, 3.63) is 34.3 Å². The van der Waals surface area contributed by atoms with Crippen LogP contribution in [0.15, 0.2) is 18.2 Å². The third-order valence-electron chi connectivity index (χ3n) is 8.38. The minimum absolute atomic E-state index is 0.00458. The van der Waals surface area contributed by atoms with Gasteiger partial charge in [0.2, 0.25) is 0 Å². The molecule has 178 valence electrons. The zero-order valence-electron chi connectivity index (χ0n) is 20.1. The topological polar surface area (TPSA) is 44.4 Å². The first-order valence-electron chi connectivity index (χ1n) is 13.0. The predicted octanol–water partition coefficient (Wildman–Crippen LogP) is 5.15. The van der Waals surface area contributed by atoms with Crippen LogP contribution in [0.4, 0.5) is 0 Å². The van der Waals surface area contributed by atoms with E-state index in [0.29, 0.717) is 16.0 Å². The number of likely N-dealkylation sites (N-methyl/N-ethyl adjacent to an activating group) is 1. The van der Waals surface area contributed by atoms with Crippen LogP contribution in [0.25, 0.3) is 0 Å². The molecule has 4 aliphatic carbocycles. The van der Waals surface area contributed by atoms with Crippen molar-refractivity contribution in [3.63, 3.8) is 0 Å². The highest BCUT2D eigenvalue weighted by Crippen LogP contribution is 2.59. The second-order valence-corrected chi connectivity index (χ2v) is 11.2. The van der Waals surface area contributed by atoms with Crippen molar-refractivity contribution in [1.29, 1.82) is 0 Å². The molecule has 0 aliphatic heterocycles. The number of hydrogen-bond donors (Lipinski definition) is 2. The molecule has 0 aromatic heterocycles. The van der Waals surface area contributed by atoms with Gasteiger partial charge in [0.15, 0.2) is 0 Å². The van der Waals surface area contributed by atoms with Gasteiger partial charge in [-0.3, -0.25) is 4.79 Å². The lowest BCUT2D eigenvalue weighted by molar-refractivity contribution is -0.0503. The molecule has 0 atom stereocenters. The minimum Gasteiger partial charge on any atom is -0.351 e. The van der Waals surface area contributed by atoms with Gasteiger partial charge in [-0.2, -0.15) is 0 Å². The maximum atomic E-state index is 13.0. The number of benzene rings is 1. The standard InChI is InChI=1S/C27H42ClN3O/c1-3-31(4-2)11-10-29-9-5-6-20-7-8-25(28)24(15-20)26(32)30-19-27-16-21-12-22(17-27)14-23(13-21)18-27/h7-8,15,21-23,29H,3-6,9-14,16-19H2,1-2H3,(H,30,32). The molecule has 4 nitrogen and oxygen atoms in total. The molecule has 4 fully saturated rings. The molecule has 4 aliphatic rings. The van der Waals surface area contributed by atoms with Crippen molar-refractivity contribution >= 4 is 17.5 Å². The van der Waals surface area contributed by atoms with Gasteiger partial charge < -0.3 is 15.5 Å². The lowest BCUT2D eigenvalue weighted by atomic mass is 9.49. The van der Waals surface area contributed by atoms with Gasteiger partial charge in [-0.1, -0.05) is 31.5 Å². The summed E-state index contributed by atoms with van der Waals surface area (Å²) in [5, 5.41) is 7.39. The summed E-state index contributed by atoms with van der Waals surface area (Å²) < 4.78 is 0. The molecule has 1 aromatic rings. The SMILES string of the molecule is CCN(CC)CCNCCCc1ccc(Cl)c(C(=O)NCC23CC4CC(CC(C4)C2)C3)c1. The maximum absolute atomic E-state index is 13.0. The average molecular weight is 460 g/mol. The van der Waals surface area contributed by atoms with Gasteiger partial charge >= 0.3 is 0 Å². The summed E-state index contributed by atoms with van der Waals surface area (Å²) in [7, 11) is 0. The van der Waals surface area contributed by atoms with Gasteiger partial charge in [0.25, 0.3) is 5.91 Å². The second-order valence-electron chi connectivity index (χ2n) is 10.8. The van der Waals surface area contributed by atoms with Crippen LogP contribution >= 0.6 is 11.6 Å². The van der Waals surface area contributed by atoms with Gasteiger partial charge in [-0.25, -0.2) is 0 Å². The van der Waals surface area contributed by atoms with E-state index in [1.807, 2.05) is 12.1 Å². The summed E-state index contributed by atoms with van der Waals surface area (Å²) in [4.78, 5) is 15.5. The third kappa shape index (κ3) is 5.87. The number of halogens is 1. The van der Waals surface area contributed by atoms with Crippen molar-refractivity contribution < 1.29 is 4.79 Å². The Bertz CT molecular complexity index is 741. The fourth-order valence-corrected chi connectivity index (χ4v) is 7.29. The normalized spacial score (nSPS) is 28.4. The highest BCUT2D eigenvalue weighted by atomic mass is 35.5. The Morgan fingerprint density at radius 2 is 1.72 bits per heavy atom.